The summed E-state index contributed by atoms with van der Waals surface area (Å²) in [6, 6.07) is 10.2. The summed E-state index contributed by atoms with van der Waals surface area (Å²) in [5, 5.41) is 0. The van der Waals surface area contributed by atoms with Crippen LogP contribution in [-0.2, 0) is 4.79 Å². The van der Waals surface area contributed by atoms with Crippen LogP contribution >= 0.6 is 0 Å². The number of nitrogens with two attached hydrogens (primary N) is 3. The summed E-state index contributed by atoms with van der Waals surface area (Å²) in [4.78, 5) is 29.2. The van der Waals surface area contributed by atoms with Crippen molar-refractivity contribution >= 4 is 23.3 Å². The number of rotatable bonds is 5. The molecule has 164 valence electrons. The minimum atomic E-state index is -3.13. The monoisotopic (exact) mass is 429 g/mol. The topological polar surface area (TPSA) is 128 Å². The minimum absolute atomic E-state index is 0.168. The first-order valence-corrected chi connectivity index (χ1v) is 10.2. The molecule has 6 N–H and O–H groups in total. The van der Waals surface area contributed by atoms with E-state index < -0.39 is 29.1 Å². The third kappa shape index (κ3) is 3.28. The van der Waals surface area contributed by atoms with Gasteiger partial charge in [-0.3, -0.25) is 9.59 Å². The standard InChI is InChI=1S/C22H25F2N5O2/c1-21(20(27)31)17(22(21,23)24)14-4-2-12(3-5-14)13-8-10-29(11-9-13)19-15(25)6-7-16(28-19)18(26)30/h2-7,13,17H,8-11,25H2,1H3,(H2,26,30)(H2,27,31)/t17-,21+/m1/s1. The van der Waals surface area contributed by atoms with Crippen LogP contribution in [0.15, 0.2) is 36.4 Å². The number of hydrogen-bond acceptors (Lipinski definition) is 5. The predicted octanol–water partition coefficient (Wildman–Crippen LogP) is 2.37. The molecule has 2 atom stereocenters. The second kappa shape index (κ2) is 7.18. The van der Waals surface area contributed by atoms with Crippen molar-refractivity contribution < 1.29 is 18.4 Å². The molecule has 2 amide bonds. The van der Waals surface area contributed by atoms with Crippen LogP contribution in [-0.4, -0.2) is 35.8 Å². The zero-order chi connectivity index (χ0) is 22.6. The molecule has 2 aromatic rings. The average molecular weight is 429 g/mol. The van der Waals surface area contributed by atoms with Gasteiger partial charge in [0.1, 0.15) is 11.1 Å². The molecule has 31 heavy (non-hydrogen) atoms. The van der Waals surface area contributed by atoms with Gasteiger partial charge in [0.25, 0.3) is 11.8 Å². The van der Waals surface area contributed by atoms with E-state index in [1.807, 2.05) is 17.0 Å². The number of nitrogen functional groups attached to an aromatic ring is 1. The fraction of sp³-hybridized carbons (Fsp3) is 0.409. The summed E-state index contributed by atoms with van der Waals surface area (Å²) in [6.45, 7) is 2.59. The largest absolute Gasteiger partial charge is 0.396 e. The number of amides is 2. The average Bonchev–Trinajstić information content (AvgIpc) is 3.21. The van der Waals surface area contributed by atoms with Gasteiger partial charge in [-0.25, -0.2) is 13.8 Å². The Morgan fingerprint density at radius 3 is 2.13 bits per heavy atom. The molecule has 0 unspecified atom stereocenters. The van der Waals surface area contributed by atoms with Crippen LogP contribution in [0.4, 0.5) is 20.3 Å². The van der Waals surface area contributed by atoms with Gasteiger partial charge in [-0.05, 0) is 48.9 Å². The Bertz CT molecular complexity index is 1030. The second-order valence-corrected chi connectivity index (χ2v) is 8.52. The smallest absolute Gasteiger partial charge is 0.270 e. The van der Waals surface area contributed by atoms with Crippen LogP contribution in [0.25, 0.3) is 0 Å². The van der Waals surface area contributed by atoms with Crippen LogP contribution in [0.2, 0.25) is 0 Å². The molecule has 9 heteroatoms. The molecule has 0 bridgehead atoms. The van der Waals surface area contributed by atoms with Crippen molar-refractivity contribution in [2.45, 2.75) is 37.5 Å². The predicted molar refractivity (Wildman–Crippen MR) is 113 cm³/mol. The maximum absolute atomic E-state index is 14.2. The first kappa shape index (κ1) is 21.0. The van der Waals surface area contributed by atoms with Crippen LogP contribution in [0.5, 0.6) is 0 Å². The SMILES string of the molecule is C[C@@]1(C(N)=O)[C@@H](c2ccc(C3CCN(c4nc(C(N)=O)ccc4N)CC3)cc2)C1(F)F. The lowest BCUT2D eigenvalue weighted by Crippen LogP contribution is -2.34. The summed E-state index contributed by atoms with van der Waals surface area (Å²) in [5.41, 5.74) is 16.9. The molecule has 0 radical (unpaired) electrons. The summed E-state index contributed by atoms with van der Waals surface area (Å²) in [6.07, 6.45) is 1.64. The van der Waals surface area contributed by atoms with Gasteiger partial charge in [0.15, 0.2) is 5.82 Å². The highest BCUT2D eigenvalue weighted by molar-refractivity contribution is 5.92. The van der Waals surface area contributed by atoms with E-state index in [9.17, 15) is 18.4 Å². The molecule has 1 aromatic carbocycles. The summed E-state index contributed by atoms with van der Waals surface area (Å²) in [5.74, 6) is -5.09. The molecule has 1 aliphatic heterocycles. The van der Waals surface area contributed by atoms with Gasteiger partial charge in [0.05, 0.1) is 11.6 Å². The third-order valence-electron chi connectivity index (χ3n) is 6.75. The fourth-order valence-corrected chi connectivity index (χ4v) is 4.62. The zero-order valence-electron chi connectivity index (χ0n) is 17.1. The number of anilines is 2. The lowest BCUT2D eigenvalue weighted by atomic mass is 9.88. The van der Waals surface area contributed by atoms with E-state index in [4.69, 9.17) is 17.2 Å². The Kier molecular flexibility index (Phi) is 4.87. The molecule has 1 saturated heterocycles. The lowest BCUT2D eigenvalue weighted by Gasteiger charge is -2.33. The van der Waals surface area contributed by atoms with Gasteiger partial charge in [-0.1, -0.05) is 24.3 Å². The van der Waals surface area contributed by atoms with Crippen LogP contribution in [0, 0.1) is 5.41 Å². The van der Waals surface area contributed by atoms with Gasteiger partial charge < -0.3 is 22.1 Å². The summed E-state index contributed by atoms with van der Waals surface area (Å²) < 4.78 is 28.4. The van der Waals surface area contributed by atoms with Crippen molar-refractivity contribution in [2.75, 3.05) is 23.7 Å². The Balaban J connectivity index is 1.44. The molecular formula is C22H25F2N5O2. The number of carbonyl (C=O) groups excluding carboxylic acids is 2. The number of alkyl halides is 2. The minimum Gasteiger partial charge on any atom is -0.396 e. The lowest BCUT2D eigenvalue weighted by molar-refractivity contribution is -0.125. The Morgan fingerprint density at radius 2 is 1.61 bits per heavy atom. The van der Waals surface area contributed by atoms with Crippen molar-refractivity contribution in [1.82, 2.24) is 4.98 Å². The molecule has 1 aliphatic carbocycles. The molecule has 4 rings (SSSR count). The van der Waals surface area contributed by atoms with Gasteiger partial charge in [0, 0.05) is 13.1 Å². The number of benzene rings is 1. The fourth-order valence-electron chi connectivity index (χ4n) is 4.62. The molecule has 1 saturated carbocycles. The summed E-state index contributed by atoms with van der Waals surface area (Å²) >= 11 is 0. The number of piperidine rings is 1. The van der Waals surface area contributed by atoms with Crippen molar-refractivity contribution in [1.29, 1.82) is 0 Å². The normalized spacial score (nSPS) is 25.3. The van der Waals surface area contributed by atoms with Crippen LogP contribution in [0.1, 0.15) is 53.2 Å². The zero-order valence-corrected chi connectivity index (χ0v) is 17.1. The molecule has 1 aromatic heterocycles. The highest BCUT2D eigenvalue weighted by Gasteiger charge is 2.81. The molecule has 7 nitrogen and oxygen atoms in total. The number of primary amides is 2. The van der Waals surface area contributed by atoms with E-state index in [0.29, 0.717) is 30.2 Å². The van der Waals surface area contributed by atoms with E-state index >= 15 is 0 Å². The molecular weight excluding hydrogens is 404 g/mol. The maximum atomic E-state index is 14.2. The number of hydrogen-bond donors (Lipinski definition) is 3. The number of aromatic nitrogens is 1. The third-order valence-corrected chi connectivity index (χ3v) is 6.75. The van der Waals surface area contributed by atoms with E-state index in [-0.39, 0.29) is 11.6 Å². The van der Waals surface area contributed by atoms with Crippen molar-refractivity contribution in [3.8, 4) is 0 Å². The highest BCUT2D eigenvalue weighted by atomic mass is 19.3. The van der Waals surface area contributed by atoms with Gasteiger partial charge in [-0.15, -0.1) is 0 Å². The number of pyridine rings is 1. The molecule has 0 spiro atoms. The second-order valence-electron chi connectivity index (χ2n) is 8.52. The Morgan fingerprint density at radius 1 is 1.03 bits per heavy atom. The first-order valence-electron chi connectivity index (χ1n) is 10.2. The number of halogens is 2. The van der Waals surface area contributed by atoms with Gasteiger partial charge in [-0.2, -0.15) is 0 Å². The van der Waals surface area contributed by atoms with Gasteiger partial charge >= 0.3 is 0 Å². The number of nitrogens with zero attached hydrogens (tertiary/aromatic N) is 2. The Hall–Kier alpha value is -3.23. The quantitative estimate of drug-likeness (QED) is 0.672. The van der Waals surface area contributed by atoms with Gasteiger partial charge in [0.2, 0.25) is 5.91 Å². The van der Waals surface area contributed by atoms with Crippen molar-refractivity contribution in [2.24, 2.45) is 16.9 Å². The van der Waals surface area contributed by atoms with E-state index in [1.165, 1.54) is 13.0 Å². The molecule has 2 heterocycles. The van der Waals surface area contributed by atoms with Crippen LogP contribution in [0.3, 0.4) is 0 Å². The summed E-state index contributed by atoms with van der Waals surface area (Å²) in [7, 11) is 0. The maximum Gasteiger partial charge on any atom is 0.270 e. The van der Waals surface area contributed by atoms with E-state index in [0.717, 1.165) is 18.4 Å². The van der Waals surface area contributed by atoms with E-state index in [1.54, 1.807) is 18.2 Å². The Labute approximate surface area is 178 Å². The number of carbonyl (C=O) groups is 2. The van der Waals surface area contributed by atoms with E-state index in [2.05, 4.69) is 4.98 Å². The molecule has 2 fully saturated rings. The van der Waals surface area contributed by atoms with Crippen molar-refractivity contribution in [3.05, 3.63) is 53.2 Å². The molecule has 2 aliphatic rings. The first-order chi connectivity index (χ1) is 14.6. The van der Waals surface area contributed by atoms with Crippen molar-refractivity contribution in [3.63, 3.8) is 0 Å². The highest BCUT2D eigenvalue weighted by Crippen LogP contribution is 2.70. The van der Waals surface area contributed by atoms with Crippen LogP contribution < -0.4 is 22.1 Å².